The fourth-order valence-corrected chi connectivity index (χ4v) is 2.62. The van der Waals surface area contributed by atoms with Crippen LogP contribution in [0.2, 0.25) is 0 Å². The van der Waals surface area contributed by atoms with Crippen molar-refractivity contribution in [2.75, 3.05) is 20.2 Å². The molecule has 0 radical (unpaired) electrons. The van der Waals surface area contributed by atoms with Crippen molar-refractivity contribution in [2.24, 2.45) is 21.5 Å². The van der Waals surface area contributed by atoms with E-state index in [2.05, 4.69) is 88.3 Å². The quantitative estimate of drug-likeness (QED) is 0.0977. The third kappa shape index (κ3) is 25.0. The first-order valence-corrected chi connectivity index (χ1v) is 12.7. The van der Waals surface area contributed by atoms with Gasteiger partial charge in [0.1, 0.15) is 6.61 Å². The second-order valence-corrected chi connectivity index (χ2v) is 7.64. The summed E-state index contributed by atoms with van der Waals surface area (Å²) in [5, 5.41) is 4.87. The normalized spacial score (nSPS) is 13.2. The van der Waals surface area contributed by atoms with Gasteiger partial charge in [0.05, 0.1) is 6.54 Å². The number of hydrogen-bond acceptors (Lipinski definition) is 4. The average Bonchev–Trinajstić information content (AvgIpc) is 2.87. The zero-order chi connectivity index (χ0) is 27.4. The van der Waals surface area contributed by atoms with Gasteiger partial charge < -0.3 is 21.5 Å². The molecule has 0 spiro atoms. The maximum absolute atomic E-state index is 11.8. The molecule has 9 nitrogen and oxygen atoms in total. The monoisotopic (exact) mass is 512 g/mol. The minimum Gasteiger partial charge on any atom is -0.447 e. The van der Waals surface area contributed by atoms with Crippen molar-refractivity contribution >= 4 is 23.9 Å². The van der Waals surface area contributed by atoms with Gasteiger partial charge in [0.25, 0.3) is 0 Å². The van der Waals surface area contributed by atoms with Gasteiger partial charge in [-0.05, 0) is 44.9 Å². The van der Waals surface area contributed by atoms with E-state index in [0.29, 0.717) is 12.8 Å². The summed E-state index contributed by atoms with van der Waals surface area (Å²) < 4.78 is 4.88. The minimum absolute atomic E-state index is 0.00210. The number of hydrogen-bond donors (Lipinski definition) is 4. The largest absolute Gasteiger partial charge is 0.447 e. The average molecular weight is 513 g/mol. The molecule has 0 fully saturated rings. The van der Waals surface area contributed by atoms with Crippen molar-refractivity contribution in [1.82, 2.24) is 10.6 Å². The Morgan fingerprint density at radius 2 is 1.27 bits per heavy atom. The van der Waals surface area contributed by atoms with Crippen molar-refractivity contribution < 1.29 is 14.3 Å². The second-order valence-electron chi connectivity index (χ2n) is 7.64. The number of aliphatic imine (C=N–C) groups is 2. The van der Waals surface area contributed by atoms with Crippen molar-refractivity contribution in [3.05, 3.63) is 72.9 Å². The molecule has 0 bridgehead atoms. The number of carbonyl (C=O) groups excluding carboxylic acids is 2. The maximum atomic E-state index is 11.8. The van der Waals surface area contributed by atoms with Gasteiger partial charge in [-0.3, -0.25) is 15.1 Å². The first kappa shape index (κ1) is 33.1. The Kier molecular flexibility index (Phi) is 22.6. The van der Waals surface area contributed by atoms with Crippen LogP contribution in [-0.2, 0) is 9.53 Å². The summed E-state index contributed by atoms with van der Waals surface area (Å²) in [6.07, 6.45) is 31.7. The number of allylic oxidation sites excluding steroid dienone is 12. The summed E-state index contributed by atoms with van der Waals surface area (Å²) in [7, 11) is 1.44. The van der Waals surface area contributed by atoms with Crippen LogP contribution >= 0.6 is 0 Å². The van der Waals surface area contributed by atoms with Crippen LogP contribution in [-0.4, -0.2) is 44.1 Å². The SMILES string of the molecule is CC/C=C\C/C=C\C/C=C\C/C=C\C/C=C\C/C=C\CCC(=O)NCCOC(=O)N/C(N)=N/C(N)=NC. The third-order valence-electron chi connectivity index (χ3n) is 4.49. The molecule has 0 rings (SSSR count). The highest BCUT2D eigenvalue weighted by Gasteiger charge is 2.05. The molecule has 0 atom stereocenters. The van der Waals surface area contributed by atoms with Crippen molar-refractivity contribution in [2.45, 2.75) is 58.3 Å². The summed E-state index contributed by atoms with van der Waals surface area (Å²) in [5.74, 6) is -0.415. The summed E-state index contributed by atoms with van der Waals surface area (Å²) in [6, 6.07) is 0. The van der Waals surface area contributed by atoms with Gasteiger partial charge in [-0.15, -0.1) is 0 Å². The minimum atomic E-state index is -0.794. The van der Waals surface area contributed by atoms with E-state index in [9.17, 15) is 9.59 Å². The Morgan fingerprint density at radius 3 is 1.76 bits per heavy atom. The van der Waals surface area contributed by atoms with Crippen LogP contribution in [0.15, 0.2) is 82.9 Å². The molecular weight excluding hydrogens is 468 g/mol. The van der Waals surface area contributed by atoms with Gasteiger partial charge in [0.2, 0.25) is 17.8 Å². The van der Waals surface area contributed by atoms with Gasteiger partial charge in [-0.25, -0.2) is 4.79 Å². The van der Waals surface area contributed by atoms with Crippen molar-refractivity contribution in [3.63, 3.8) is 0 Å². The van der Waals surface area contributed by atoms with E-state index in [4.69, 9.17) is 16.2 Å². The molecular formula is C28H44N6O3. The van der Waals surface area contributed by atoms with Gasteiger partial charge in [-0.2, -0.15) is 4.99 Å². The summed E-state index contributed by atoms with van der Waals surface area (Å²) in [6.45, 7) is 2.34. The zero-order valence-corrected chi connectivity index (χ0v) is 22.3. The Labute approximate surface area is 221 Å². The second kappa shape index (κ2) is 25.2. The smallest absolute Gasteiger partial charge is 0.414 e. The summed E-state index contributed by atoms with van der Waals surface area (Å²) in [5.41, 5.74) is 10.8. The van der Waals surface area contributed by atoms with E-state index < -0.39 is 6.09 Å². The molecule has 6 N–H and O–H groups in total. The van der Waals surface area contributed by atoms with E-state index in [1.165, 1.54) is 7.05 Å². The Hall–Kier alpha value is -3.88. The van der Waals surface area contributed by atoms with Crippen molar-refractivity contribution in [3.8, 4) is 0 Å². The van der Waals surface area contributed by atoms with Crippen LogP contribution in [0.1, 0.15) is 58.3 Å². The molecule has 204 valence electrons. The molecule has 2 amide bonds. The maximum Gasteiger partial charge on any atom is 0.414 e. The fourth-order valence-electron chi connectivity index (χ4n) is 2.62. The number of rotatable bonds is 17. The van der Waals surface area contributed by atoms with E-state index in [0.717, 1.165) is 38.5 Å². The summed E-state index contributed by atoms with van der Waals surface area (Å²) >= 11 is 0. The first-order chi connectivity index (χ1) is 18.0. The Balaban J connectivity index is 3.72. The van der Waals surface area contributed by atoms with E-state index >= 15 is 0 Å². The molecule has 0 unspecified atom stereocenters. The topological polar surface area (TPSA) is 144 Å². The number of guanidine groups is 2. The van der Waals surface area contributed by atoms with Crippen LogP contribution in [0.3, 0.4) is 0 Å². The van der Waals surface area contributed by atoms with Gasteiger partial charge in [0.15, 0.2) is 0 Å². The molecule has 0 aliphatic rings. The number of amides is 2. The van der Waals surface area contributed by atoms with Crippen LogP contribution in [0.25, 0.3) is 0 Å². The molecule has 0 heterocycles. The lowest BCUT2D eigenvalue weighted by Crippen LogP contribution is -2.39. The standard InChI is InChI=1S/C28H44N6O3/c1-3-4-5-6-7-8-9-10-11-12-13-14-15-16-17-18-19-20-21-22-25(35)32-23-24-37-28(36)34-27(30)33-26(29)31-2/h4-5,7-8,10-11,13-14,16-17,19-20H,3,6,9,12,15,18,21-24H2,1-2H3,(H,32,35)(H5,29,30,31,33,34,36)/b5-4-,8-7-,11-10-,14-13-,17-16-,20-19-. The lowest BCUT2D eigenvalue weighted by molar-refractivity contribution is -0.121. The number of alkyl carbamates (subject to hydrolysis) is 1. The Morgan fingerprint density at radius 1 is 0.784 bits per heavy atom. The lowest BCUT2D eigenvalue weighted by atomic mass is 10.2. The molecule has 0 aromatic carbocycles. The van der Waals surface area contributed by atoms with Crippen LogP contribution in [0.5, 0.6) is 0 Å². The number of nitrogens with one attached hydrogen (secondary N) is 2. The van der Waals surface area contributed by atoms with Gasteiger partial charge in [0, 0.05) is 13.5 Å². The highest BCUT2D eigenvalue weighted by Crippen LogP contribution is 1.97. The Bertz CT molecular complexity index is 867. The lowest BCUT2D eigenvalue weighted by Gasteiger charge is -2.07. The number of ether oxygens (including phenoxy) is 1. The summed E-state index contributed by atoms with van der Waals surface area (Å²) in [4.78, 5) is 30.5. The van der Waals surface area contributed by atoms with Gasteiger partial charge >= 0.3 is 6.09 Å². The fraction of sp³-hybridized carbons (Fsp3) is 0.429. The molecule has 0 aliphatic heterocycles. The predicted molar refractivity (Wildman–Crippen MR) is 154 cm³/mol. The molecule has 0 aromatic rings. The first-order valence-electron chi connectivity index (χ1n) is 12.7. The number of nitrogens with two attached hydrogens (primary N) is 2. The van der Waals surface area contributed by atoms with Gasteiger partial charge in [-0.1, -0.05) is 79.8 Å². The zero-order valence-electron chi connectivity index (χ0n) is 22.3. The highest BCUT2D eigenvalue weighted by molar-refractivity contribution is 5.99. The molecule has 9 heteroatoms. The van der Waals surface area contributed by atoms with E-state index in [1.54, 1.807) is 0 Å². The third-order valence-corrected chi connectivity index (χ3v) is 4.49. The van der Waals surface area contributed by atoms with Crippen LogP contribution < -0.4 is 22.1 Å². The molecule has 0 aromatic heterocycles. The van der Waals surface area contributed by atoms with Crippen molar-refractivity contribution in [1.29, 1.82) is 0 Å². The van der Waals surface area contributed by atoms with E-state index in [-0.39, 0.29) is 31.0 Å². The molecule has 37 heavy (non-hydrogen) atoms. The highest BCUT2D eigenvalue weighted by atomic mass is 16.5. The predicted octanol–water partition coefficient (Wildman–Crippen LogP) is 4.57. The molecule has 0 saturated carbocycles. The van der Waals surface area contributed by atoms with E-state index in [1.807, 2.05) is 12.2 Å². The molecule has 0 aliphatic carbocycles. The number of nitrogens with zero attached hydrogens (tertiary/aromatic N) is 2. The van der Waals surface area contributed by atoms with Crippen LogP contribution in [0.4, 0.5) is 4.79 Å². The molecule has 0 saturated heterocycles. The number of carbonyl (C=O) groups is 2. The van der Waals surface area contributed by atoms with Crippen LogP contribution in [0, 0.1) is 0 Å².